The number of benzene rings is 11. The molecule has 336 valence electrons. The lowest BCUT2D eigenvalue weighted by Gasteiger charge is -2.34. The van der Waals surface area contributed by atoms with Crippen LogP contribution in [0, 0.1) is 11.8 Å². The Balaban J connectivity index is 0.999. The Kier molecular flexibility index (Phi) is 9.33. The minimum atomic E-state index is 0.0814. The van der Waals surface area contributed by atoms with Crippen LogP contribution in [0.5, 0.6) is 0 Å². The van der Waals surface area contributed by atoms with Gasteiger partial charge in [-0.1, -0.05) is 218 Å². The maximum Gasteiger partial charge on any atom is 0.0538 e. The number of allylic oxidation sites excluding steroid dienone is 4. The molecule has 0 aliphatic heterocycles. The Bertz CT molecular complexity index is 4400. The second kappa shape index (κ2) is 16.4. The molecule has 2 atom stereocenters. The van der Waals surface area contributed by atoms with E-state index >= 15 is 0 Å². The van der Waals surface area contributed by atoms with Gasteiger partial charge in [0.1, 0.15) is 0 Å². The molecule has 0 saturated heterocycles. The topological polar surface area (TPSA) is 4.93 Å². The van der Waals surface area contributed by atoms with Crippen LogP contribution < -0.4 is 10.4 Å². The molecule has 72 heavy (non-hydrogen) atoms. The van der Waals surface area contributed by atoms with E-state index in [1.807, 2.05) is 11.3 Å². The van der Waals surface area contributed by atoms with Crippen LogP contribution in [0.25, 0.3) is 119 Å². The molecule has 15 rings (SSSR count). The smallest absolute Gasteiger partial charge is 0.0538 e. The predicted molar refractivity (Wildman–Crippen MR) is 308 cm³/mol. The van der Waals surface area contributed by atoms with Gasteiger partial charge in [0.25, 0.3) is 0 Å². The van der Waals surface area contributed by atoms with Crippen molar-refractivity contribution in [3.05, 3.63) is 277 Å². The van der Waals surface area contributed by atoms with Crippen LogP contribution >= 0.6 is 11.3 Å². The number of hydrogen-bond donors (Lipinski definition) is 0. The van der Waals surface area contributed by atoms with Crippen LogP contribution in [-0.4, -0.2) is 4.57 Å². The van der Waals surface area contributed by atoms with Crippen molar-refractivity contribution in [3.8, 4) is 44.5 Å². The molecule has 13 aromatic rings. The summed E-state index contributed by atoms with van der Waals surface area (Å²) >= 11 is 1.91. The summed E-state index contributed by atoms with van der Waals surface area (Å²) in [5.74, 6) is 0.180. The van der Waals surface area contributed by atoms with Gasteiger partial charge < -0.3 is 4.57 Å². The molecule has 2 heterocycles. The zero-order valence-electron chi connectivity index (χ0n) is 39.3. The molecule has 0 fully saturated rings. The van der Waals surface area contributed by atoms with E-state index in [1.165, 1.54) is 135 Å². The zero-order chi connectivity index (χ0) is 47.3. The maximum absolute atomic E-state index is 2.61. The van der Waals surface area contributed by atoms with E-state index in [1.54, 1.807) is 0 Å². The van der Waals surface area contributed by atoms with Crippen LogP contribution in [0.1, 0.15) is 5.56 Å². The third-order valence-corrected chi connectivity index (χ3v) is 16.7. The van der Waals surface area contributed by atoms with Crippen LogP contribution in [0.2, 0.25) is 0 Å². The van der Waals surface area contributed by atoms with E-state index in [2.05, 4.69) is 265 Å². The first-order valence-electron chi connectivity index (χ1n) is 25.1. The van der Waals surface area contributed by atoms with Crippen molar-refractivity contribution in [1.29, 1.82) is 0 Å². The normalized spacial score (nSPS) is 15.3. The summed E-state index contributed by atoms with van der Waals surface area (Å²) < 4.78 is 5.22. The second-order valence-corrected chi connectivity index (χ2v) is 20.5. The summed E-state index contributed by atoms with van der Waals surface area (Å²) in [6.45, 7) is 0. The standard InChI is InChI=1S/C70H45NS/c1-4-19-44(20-5-1)47-35-38-62-59(41-47)60-42-48(45-21-6-2-7-22-45)36-39-63(60)71(62)70-56-31-16-14-29-54(56)68(55-30-15-17-32-57(55)70)58-33-18-34-65-69(58)61-43-49(37-40-64(61)72-65)67-52-27-12-10-25-50(52)66(46-23-8-3-9-24-46)51-26-11-13-28-53(51)67/h1-43,54,56H. The van der Waals surface area contributed by atoms with Crippen molar-refractivity contribution >= 4 is 86.1 Å². The lowest BCUT2D eigenvalue weighted by molar-refractivity contribution is 0.663. The first-order valence-corrected chi connectivity index (χ1v) is 25.9. The molecule has 2 unspecified atom stereocenters. The highest BCUT2D eigenvalue weighted by Gasteiger charge is 2.34. The van der Waals surface area contributed by atoms with Crippen molar-refractivity contribution in [1.82, 2.24) is 4.57 Å². The van der Waals surface area contributed by atoms with Gasteiger partial charge in [0, 0.05) is 53.7 Å². The lowest BCUT2D eigenvalue weighted by Crippen LogP contribution is -2.41. The molecular weight excluding hydrogens is 887 g/mol. The minimum absolute atomic E-state index is 0.0814. The van der Waals surface area contributed by atoms with Gasteiger partial charge >= 0.3 is 0 Å². The molecule has 0 N–H and O–H groups in total. The van der Waals surface area contributed by atoms with Gasteiger partial charge in [0.15, 0.2) is 0 Å². The fraction of sp³-hybridized carbons (Fsp3) is 0.0286. The first-order chi connectivity index (χ1) is 35.7. The largest absolute Gasteiger partial charge is 0.312 e. The van der Waals surface area contributed by atoms with Crippen molar-refractivity contribution in [2.75, 3.05) is 0 Å². The Morgan fingerprint density at radius 1 is 0.319 bits per heavy atom. The van der Waals surface area contributed by atoms with E-state index < -0.39 is 0 Å². The fourth-order valence-corrected chi connectivity index (χ4v) is 13.6. The number of fused-ring (bicyclic) bond motifs is 10. The molecular formula is C70H45NS. The van der Waals surface area contributed by atoms with Crippen LogP contribution in [0.15, 0.2) is 261 Å². The van der Waals surface area contributed by atoms with E-state index in [0.717, 1.165) is 0 Å². The molecule has 1 nitrogen and oxygen atoms in total. The van der Waals surface area contributed by atoms with Crippen molar-refractivity contribution < 1.29 is 0 Å². The van der Waals surface area contributed by atoms with Gasteiger partial charge in [-0.05, 0) is 125 Å². The van der Waals surface area contributed by atoms with Gasteiger partial charge in [0.2, 0.25) is 0 Å². The van der Waals surface area contributed by atoms with E-state index in [4.69, 9.17) is 0 Å². The predicted octanol–water partition coefficient (Wildman–Crippen LogP) is 17.4. The summed E-state index contributed by atoms with van der Waals surface area (Å²) in [7, 11) is 0. The molecule has 2 aromatic heterocycles. The average Bonchev–Trinajstić information content (AvgIpc) is 3.99. The van der Waals surface area contributed by atoms with Gasteiger partial charge in [-0.3, -0.25) is 0 Å². The monoisotopic (exact) mass is 931 g/mol. The summed E-state index contributed by atoms with van der Waals surface area (Å²) in [6, 6.07) is 88.2. The molecule has 2 aliphatic carbocycles. The minimum Gasteiger partial charge on any atom is -0.312 e. The van der Waals surface area contributed by atoms with Gasteiger partial charge in [-0.15, -0.1) is 11.3 Å². The lowest BCUT2D eigenvalue weighted by atomic mass is 9.73. The zero-order valence-corrected chi connectivity index (χ0v) is 40.2. The molecule has 11 aromatic carbocycles. The highest BCUT2D eigenvalue weighted by molar-refractivity contribution is 7.25. The second-order valence-electron chi connectivity index (χ2n) is 19.4. The number of nitrogens with zero attached hydrogens (tertiary/aromatic N) is 1. The number of hydrogen-bond acceptors (Lipinski definition) is 1. The highest BCUT2D eigenvalue weighted by atomic mass is 32.1. The summed E-state index contributed by atoms with van der Waals surface area (Å²) in [5.41, 5.74) is 16.4. The van der Waals surface area contributed by atoms with Crippen molar-refractivity contribution in [3.63, 3.8) is 0 Å². The molecule has 0 radical (unpaired) electrons. The maximum atomic E-state index is 2.61. The molecule has 0 spiro atoms. The summed E-state index contributed by atoms with van der Waals surface area (Å²) in [6.07, 6.45) is 9.47. The van der Waals surface area contributed by atoms with Crippen molar-refractivity contribution in [2.24, 2.45) is 11.8 Å². The van der Waals surface area contributed by atoms with Crippen LogP contribution in [0.4, 0.5) is 0 Å². The van der Waals surface area contributed by atoms with E-state index in [0.29, 0.717) is 0 Å². The Morgan fingerprint density at radius 3 is 1.40 bits per heavy atom. The molecule has 2 heteroatoms. The first kappa shape index (κ1) is 41.0. The number of aromatic nitrogens is 1. The van der Waals surface area contributed by atoms with E-state index in [-0.39, 0.29) is 11.8 Å². The third-order valence-electron chi connectivity index (χ3n) is 15.6. The molecule has 0 amide bonds. The van der Waals surface area contributed by atoms with Gasteiger partial charge in [-0.25, -0.2) is 0 Å². The average molecular weight is 932 g/mol. The summed E-state index contributed by atoms with van der Waals surface area (Å²) in [4.78, 5) is 0. The van der Waals surface area contributed by atoms with Gasteiger partial charge in [-0.2, -0.15) is 0 Å². The highest BCUT2D eigenvalue weighted by Crippen LogP contribution is 2.49. The Labute approximate surface area is 421 Å². The quantitative estimate of drug-likeness (QED) is 0.146. The summed E-state index contributed by atoms with van der Waals surface area (Å²) in [5, 5.41) is 12.8. The molecule has 0 bridgehead atoms. The third kappa shape index (κ3) is 6.26. The van der Waals surface area contributed by atoms with Crippen LogP contribution in [0.3, 0.4) is 0 Å². The molecule has 2 aliphatic rings. The van der Waals surface area contributed by atoms with Crippen LogP contribution in [-0.2, 0) is 0 Å². The number of rotatable bonds is 6. The Hall–Kier alpha value is -8.82. The SMILES string of the molecule is C1=CC2C(c3cccc4sc5ccc(-c6c7ccccc7c(-c7ccccc7)c7ccccc67)cc5c34)=c3ccccc3=C(n3c4ccc(-c5ccccc5)cc4c4cc(-c5ccccc5)ccc43)C2C=C1. The van der Waals surface area contributed by atoms with Crippen molar-refractivity contribution in [2.45, 2.75) is 0 Å². The molecule has 0 saturated carbocycles. The Morgan fingerprint density at radius 2 is 0.806 bits per heavy atom. The number of thiophene rings is 1. The fourth-order valence-electron chi connectivity index (χ4n) is 12.5. The van der Waals surface area contributed by atoms with E-state index in [9.17, 15) is 0 Å². The van der Waals surface area contributed by atoms with Gasteiger partial charge in [0.05, 0.1) is 11.0 Å².